The number of rotatable bonds is 5. The normalized spacial score (nSPS) is 19.0. The van der Waals surface area contributed by atoms with Gasteiger partial charge in [0.15, 0.2) is 0 Å². The van der Waals surface area contributed by atoms with E-state index in [4.69, 9.17) is 0 Å². The summed E-state index contributed by atoms with van der Waals surface area (Å²) >= 11 is 0. The summed E-state index contributed by atoms with van der Waals surface area (Å²) in [6.07, 6.45) is 2.68. The maximum absolute atomic E-state index is 11.6. The van der Waals surface area contributed by atoms with E-state index in [1.165, 1.54) is 16.6 Å². The summed E-state index contributed by atoms with van der Waals surface area (Å²) in [5, 5.41) is 11.2. The summed E-state index contributed by atoms with van der Waals surface area (Å²) in [5.41, 5.74) is 0.836. The van der Waals surface area contributed by atoms with Crippen LogP contribution in [0.15, 0.2) is 24.3 Å². The summed E-state index contributed by atoms with van der Waals surface area (Å²) < 4.78 is 24.7. The third-order valence-corrected chi connectivity index (χ3v) is 6.01. The van der Waals surface area contributed by atoms with Gasteiger partial charge in [-0.1, -0.05) is 18.2 Å². The standard InChI is InChI=1S/C15H23N3O4S/c1-12(14-6-4-5-7-15(14)18(19)20)17-10-8-13(9-11-17)16(2)23(3,21)22/h4-7,12-13H,8-11H2,1-3H3. The Labute approximate surface area is 137 Å². The predicted octanol–water partition coefficient (Wildman–Crippen LogP) is 2.01. The Kier molecular flexibility index (Phi) is 5.38. The molecule has 0 radical (unpaired) electrons. The Bertz CT molecular complexity index is 669. The van der Waals surface area contributed by atoms with Gasteiger partial charge < -0.3 is 0 Å². The molecule has 1 atom stereocenters. The van der Waals surface area contributed by atoms with Gasteiger partial charge in [0.25, 0.3) is 5.69 Å². The van der Waals surface area contributed by atoms with Gasteiger partial charge in [0.05, 0.1) is 11.2 Å². The second-order valence-electron chi connectivity index (χ2n) is 6.04. The fraction of sp³-hybridized carbons (Fsp3) is 0.600. The van der Waals surface area contributed by atoms with Gasteiger partial charge >= 0.3 is 0 Å². The summed E-state index contributed by atoms with van der Waals surface area (Å²) in [4.78, 5) is 13.0. The van der Waals surface area contributed by atoms with Gasteiger partial charge in [-0.05, 0) is 19.8 Å². The SMILES string of the molecule is CC(c1ccccc1[N+](=O)[O-])N1CCC(N(C)S(C)(=O)=O)CC1. The van der Waals surface area contributed by atoms with Gasteiger partial charge in [-0.3, -0.25) is 15.0 Å². The minimum Gasteiger partial charge on any atom is -0.296 e. The zero-order valence-electron chi connectivity index (χ0n) is 13.7. The third kappa shape index (κ3) is 4.07. The lowest BCUT2D eigenvalue weighted by molar-refractivity contribution is -0.386. The fourth-order valence-electron chi connectivity index (χ4n) is 3.11. The average Bonchev–Trinajstić information content (AvgIpc) is 2.52. The first-order valence-corrected chi connectivity index (χ1v) is 9.47. The summed E-state index contributed by atoms with van der Waals surface area (Å²) in [7, 11) is -1.57. The maximum atomic E-state index is 11.6. The van der Waals surface area contributed by atoms with Crippen molar-refractivity contribution in [2.24, 2.45) is 0 Å². The molecule has 128 valence electrons. The Morgan fingerprint density at radius 3 is 2.39 bits per heavy atom. The Morgan fingerprint density at radius 2 is 1.87 bits per heavy atom. The smallest absolute Gasteiger partial charge is 0.274 e. The maximum Gasteiger partial charge on any atom is 0.274 e. The molecule has 1 aromatic rings. The van der Waals surface area contributed by atoms with Crippen molar-refractivity contribution in [1.82, 2.24) is 9.21 Å². The van der Waals surface area contributed by atoms with E-state index in [1.807, 2.05) is 13.0 Å². The second-order valence-corrected chi connectivity index (χ2v) is 8.08. The van der Waals surface area contributed by atoms with E-state index in [1.54, 1.807) is 19.2 Å². The van der Waals surface area contributed by atoms with Crippen LogP contribution in [0.25, 0.3) is 0 Å². The molecule has 8 heteroatoms. The van der Waals surface area contributed by atoms with E-state index in [0.717, 1.165) is 25.9 Å². The van der Waals surface area contributed by atoms with Crippen LogP contribution >= 0.6 is 0 Å². The topological polar surface area (TPSA) is 83.8 Å². The number of nitro benzene ring substituents is 1. The first-order valence-electron chi connectivity index (χ1n) is 7.62. The molecule has 1 aromatic carbocycles. The molecule has 1 aliphatic rings. The van der Waals surface area contributed by atoms with E-state index in [2.05, 4.69) is 4.90 Å². The zero-order valence-corrected chi connectivity index (χ0v) is 14.5. The van der Waals surface area contributed by atoms with E-state index in [-0.39, 0.29) is 22.7 Å². The Hall–Kier alpha value is -1.51. The van der Waals surface area contributed by atoms with Crippen LogP contribution in [0.3, 0.4) is 0 Å². The monoisotopic (exact) mass is 341 g/mol. The van der Waals surface area contributed by atoms with Crippen molar-refractivity contribution in [3.05, 3.63) is 39.9 Å². The van der Waals surface area contributed by atoms with Crippen molar-refractivity contribution in [2.45, 2.75) is 31.8 Å². The number of nitro groups is 1. The molecule has 0 saturated carbocycles. The summed E-state index contributed by atoms with van der Waals surface area (Å²) in [6, 6.07) is 6.72. The van der Waals surface area contributed by atoms with Crippen LogP contribution in [-0.2, 0) is 10.0 Å². The molecule has 0 aliphatic carbocycles. The van der Waals surface area contributed by atoms with Crippen molar-refractivity contribution in [3.63, 3.8) is 0 Å². The van der Waals surface area contributed by atoms with Gasteiger partial charge in [-0.2, -0.15) is 0 Å². The zero-order chi connectivity index (χ0) is 17.2. The average molecular weight is 341 g/mol. The van der Waals surface area contributed by atoms with Crippen molar-refractivity contribution in [2.75, 3.05) is 26.4 Å². The Morgan fingerprint density at radius 1 is 1.30 bits per heavy atom. The molecule has 0 aromatic heterocycles. The van der Waals surface area contributed by atoms with E-state index >= 15 is 0 Å². The lowest BCUT2D eigenvalue weighted by atomic mass is 9.99. The number of para-hydroxylation sites is 1. The number of benzene rings is 1. The lowest BCUT2D eigenvalue weighted by Crippen LogP contribution is -2.45. The molecule has 0 bridgehead atoms. The van der Waals surface area contributed by atoms with Gasteiger partial charge in [-0.15, -0.1) is 0 Å². The van der Waals surface area contributed by atoms with Crippen molar-refractivity contribution < 1.29 is 13.3 Å². The van der Waals surface area contributed by atoms with Crippen LogP contribution < -0.4 is 0 Å². The van der Waals surface area contributed by atoms with Gasteiger partial charge in [0, 0.05) is 43.9 Å². The molecule has 1 unspecified atom stereocenters. The van der Waals surface area contributed by atoms with E-state index in [9.17, 15) is 18.5 Å². The molecule has 0 amide bonds. The molecule has 1 saturated heterocycles. The predicted molar refractivity (Wildman–Crippen MR) is 88.7 cm³/mol. The molecular formula is C15H23N3O4S. The van der Waals surface area contributed by atoms with E-state index in [0.29, 0.717) is 5.56 Å². The van der Waals surface area contributed by atoms with Crippen LogP contribution in [-0.4, -0.2) is 55.0 Å². The van der Waals surface area contributed by atoms with Crippen LogP contribution in [0.4, 0.5) is 5.69 Å². The number of piperidine rings is 1. The number of sulfonamides is 1. The van der Waals surface area contributed by atoms with Gasteiger partial charge in [-0.25, -0.2) is 12.7 Å². The number of hydrogen-bond donors (Lipinski definition) is 0. The van der Waals surface area contributed by atoms with Gasteiger partial charge in [0.1, 0.15) is 0 Å². The molecular weight excluding hydrogens is 318 g/mol. The fourth-order valence-corrected chi connectivity index (χ4v) is 3.86. The Balaban J connectivity index is 2.07. The third-order valence-electron chi connectivity index (χ3n) is 4.67. The highest BCUT2D eigenvalue weighted by Gasteiger charge is 2.31. The molecule has 0 spiro atoms. The van der Waals surface area contributed by atoms with Crippen LogP contribution in [0.1, 0.15) is 31.4 Å². The minimum atomic E-state index is -3.18. The number of hydrogen-bond acceptors (Lipinski definition) is 5. The lowest BCUT2D eigenvalue weighted by Gasteiger charge is -2.38. The molecule has 0 N–H and O–H groups in total. The van der Waals surface area contributed by atoms with E-state index < -0.39 is 10.0 Å². The highest BCUT2D eigenvalue weighted by molar-refractivity contribution is 7.88. The first kappa shape index (κ1) is 17.8. The molecule has 1 aliphatic heterocycles. The molecule has 7 nitrogen and oxygen atoms in total. The van der Waals surface area contributed by atoms with Gasteiger partial charge in [0.2, 0.25) is 10.0 Å². The first-order chi connectivity index (χ1) is 10.7. The molecule has 23 heavy (non-hydrogen) atoms. The van der Waals surface area contributed by atoms with Crippen molar-refractivity contribution in [3.8, 4) is 0 Å². The van der Waals surface area contributed by atoms with Crippen LogP contribution in [0.5, 0.6) is 0 Å². The minimum absolute atomic E-state index is 0.000732. The van der Waals surface area contributed by atoms with Crippen LogP contribution in [0.2, 0.25) is 0 Å². The quantitative estimate of drug-likeness (QED) is 0.604. The number of likely N-dealkylation sites (tertiary alicyclic amines) is 1. The molecule has 1 heterocycles. The highest BCUT2D eigenvalue weighted by atomic mass is 32.2. The second kappa shape index (κ2) is 6.94. The van der Waals surface area contributed by atoms with Crippen LogP contribution in [0, 0.1) is 10.1 Å². The summed E-state index contributed by atoms with van der Waals surface area (Å²) in [5.74, 6) is 0. The molecule has 1 fully saturated rings. The largest absolute Gasteiger partial charge is 0.296 e. The summed E-state index contributed by atoms with van der Waals surface area (Å²) in [6.45, 7) is 3.40. The highest BCUT2D eigenvalue weighted by Crippen LogP contribution is 2.31. The van der Waals surface area contributed by atoms with Crippen molar-refractivity contribution >= 4 is 15.7 Å². The molecule has 2 rings (SSSR count). The number of nitrogens with zero attached hydrogens (tertiary/aromatic N) is 3. The van der Waals surface area contributed by atoms with Crippen molar-refractivity contribution in [1.29, 1.82) is 0 Å².